The lowest BCUT2D eigenvalue weighted by Crippen LogP contribution is -2.43. The average molecular weight is 329 g/mol. The van der Waals surface area contributed by atoms with Crippen LogP contribution >= 0.6 is 0 Å². The number of carbonyl (C=O) groups is 3. The van der Waals surface area contributed by atoms with E-state index >= 15 is 0 Å². The molecule has 6 heteroatoms. The summed E-state index contributed by atoms with van der Waals surface area (Å²) in [6.07, 6.45) is 1.47. The maximum Gasteiger partial charge on any atom is 0.262 e. The van der Waals surface area contributed by atoms with E-state index < -0.39 is 11.9 Å². The lowest BCUT2D eigenvalue weighted by atomic mass is 9.76. The highest BCUT2D eigenvalue weighted by Gasteiger charge is 2.30. The summed E-state index contributed by atoms with van der Waals surface area (Å²) in [5.41, 5.74) is 3.48. The molecular formula is C18H23N3O3. The van der Waals surface area contributed by atoms with Crippen LogP contribution in [0.2, 0.25) is 0 Å². The molecule has 2 N–H and O–H groups in total. The van der Waals surface area contributed by atoms with Gasteiger partial charge in [0.2, 0.25) is 0 Å². The van der Waals surface area contributed by atoms with Crippen LogP contribution in [0.15, 0.2) is 35.4 Å². The summed E-state index contributed by atoms with van der Waals surface area (Å²) in [6, 6.07) is 7.96. The van der Waals surface area contributed by atoms with Crippen LogP contribution in [-0.2, 0) is 9.59 Å². The summed E-state index contributed by atoms with van der Waals surface area (Å²) < 4.78 is 0. The normalized spacial score (nSPS) is 19.6. The summed E-state index contributed by atoms with van der Waals surface area (Å²) in [7, 11) is 0. The van der Waals surface area contributed by atoms with Crippen molar-refractivity contribution in [2.45, 2.75) is 46.1 Å². The molecule has 0 saturated heterocycles. The molecule has 0 bridgehead atoms. The second-order valence-corrected chi connectivity index (χ2v) is 6.95. The van der Waals surface area contributed by atoms with Gasteiger partial charge in [-0.05, 0) is 30.9 Å². The van der Waals surface area contributed by atoms with Gasteiger partial charge in [0.05, 0.1) is 0 Å². The maximum atomic E-state index is 12.1. The van der Waals surface area contributed by atoms with Gasteiger partial charge in [-0.1, -0.05) is 32.0 Å². The molecule has 2 rings (SSSR count). The Morgan fingerprint density at radius 3 is 2.46 bits per heavy atom. The number of benzene rings is 1. The summed E-state index contributed by atoms with van der Waals surface area (Å²) >= 11 is 0. The monoisotopic (exact) mass is 329 g/mol. The minimum Gasteiger partial charge on any atom is -0.340 e. The van der Waals surface area contributed by atoms with Crippen LogP contribution in [0.1, 0.15) is 50.4 Å². The quantitative estimate of drug-likeness (QED) is 0.829. The Labute approximate surface area is 141 Å². The zero-order valence-electron chi connectivity index (χ0n) is 14.3. The number of hydrogen-bond donors (Lipinski definition) is 2. The Hall–Kier alpha value is -2.50. The van der Waals surface area contributed by atoms with Crippen LogP contribution in [0.5, 0.6) is 0 Å². The smallest absolute Gasteiger partial charge is 0.262 e. The number of nitrogens with zero attached hydrogens (tertiary/aromatic N) is 1. The van der Waals surface area contributed by atoms with E-state index in [1.807, 2.05) is 19.9 Å². The van der Waals surface area contributed by atoms with E-state index in [-0.39, 0.29) is 23.5 Å². The number of Topliss-reactive ketones (excluding diaryl/α,β-unsaturated/α-hetero) is 1. The molecule has 0 heterocycles. The first-order valence-corrected chi connectivity index (χ1v) is 8.00. The van der Waals surface area contributed by atoms with Gasteiger partial charge < -0.3 is 5.32 Å². The second-order valence-electron chi connectivity index (χ2n) is 6.95. The summed E-state index contributed by atoms with van der Waals surface area (Å²) in [5.74, 6) is -0.604. The first-order chi connectivity index (χ1) is 11.3. The highest BCUT2D eigenvalue weighted by atomic mass is 16.2. The lowest BCUT2D eigenvalue weighted by molar-refractivity contribution is -0.123. The standard InChI is InChI=1S/C18H23N3O3/c1-12(19-17(24)13-7-5-4-6-8-13)16(23)21-20-14-9-15(22)11-18(2,3)10-14/h4-8,12H,9-11H2,1-3H3,(H,19,24)(H,21,23)/b20-14-/t12-/m1/s1. The SMILES string of the molecule is C[C@@H](NC(=O)c1ccccc1)C(=O)N/N=C1/CC(=O)CC(C)(C)C1. The van der Waals surface area contributed by atoms with Gasteiger partial charge in [0.25, 0.3) is 11.8 Å². The fourth-order valence-corrected chi connectivity index (χ4v) is 2.75. The fourth-order valence-electron chi connectivity index (χ4n) is 2.75. The molecule has 0 radical (unpaired) electrons. The molecule has 1 aromatic rings. The molecule has 1 saturated carbocycles. The van der Waals surface area contributed by atoms with Crippen molar-refractivity contribution in [2.75, 3.05) is 0 Å². The third kappa shape index (κ3) is 5.01. The molecule has 0 aliphatic heterocycles. The third-order valence-electron chi connectivity index (χ3n) is 3.86. The largest absolute Gasteiger partial charge is 0.340 e. The van der Waals surface area contributed by atoms with E-state index in [9.17, 15) is 14.4 Å². The van der Waals surface area contributed by atoms with Crippen molar-refractivity contribution in [1.82, 2.24) is 10.7 Å². The number of nitrogens with one attached hydrogen (secondary N) is 2. The minimum atomic E-state index is -0.727. The van der Waals surface area contributed by atoms with Gasteiger partial charge in [-0.3, -0.25) is 14.4 Å². The van der Waals surface area contributed by atoms with Crippen molar-refractivity contribution in [3.8, 4) is 0 Å². The van der Waals surface area contributed by atoms with Crippen LogP contribution in [0, 0.1) is 5.41 Å². The third-order valence-corrected chi connectivity index (χ3v) is 3.86. The first kappa shape index (κ1) is 17.8. The van der Waals surface area contributed by atoms with Gasteiger partial charge >= 0.3 is 0 Å². The molecule has 0 unspecified atom stereocenters. The molecular weight excluding hydrogens is 306 g/mol. The van der Waals surface area contributed by atoms with Gasteiger partial charge in [-0.2, -0.15) is 5.10 Å². The Morgan fingerprint density at radius 1 is 1.17 bits per heavy atom. The van der Waals surface area contributed by atoms with E-state index in [1.54, 1.807) is 31.2 Å². The van der Waals surface area contributed by atoms with Crippen molar-refractivity contribution in [1.29, 1.82) is 0 Å². The zero-order valence-corrected chi connectivity index (χ0v) is 14.3. The molecule has 24 heavy (non-hydrogen) atoms. The average Bonchev–Trinajstić information content (AvgIpc) is 2.51. The molecule has 0 spiro atoms. The minimum absolute atomic E-state index is 0.129. The highest BCUT2D eigenvalue weighted by Crippen LogP contribution is 2.31. The van der Waals surface area contributed by atoms with E-state index in [0.717, 1.165) is 0 Å². The molecule has 1 aliphatic carbocycles. The van der Waals surface area contributed by atoms with Crippen LogP contribution in [0.25, 0.3) is 0 Å². The molecule has 1 aliphatic rings. The first-order valence-electron chi connectivity index (χ1n) is 8.00. The van der Waals surface area contributed by atoms with E-state index in [0.29, 0.717) is 24.1 Å². The maximum absolute atomic E-state index is 12.1. The molecule has 1 fully saturated rings. The second kappa shape index (κ2) is 7.38. The van der Waals surface area contributed by atoms with Crippen molar-refractivity contribution < 1.29 is 14.4 Å². The highest BCUT2D eigenvalue weighted by molar-refractivity contribution is 6.05. The predicted octanol–water partition coefficient (Wildman–Crippen LogP) is 2.06. The molecule has 1 aromatic carbocycles. The van der Waals surface area contributed by atoms with Gasteiger partial charge in [0.1, 0.15) is 11.8 Å². The number of rotatable bonds is 4. The molecule has 6 nitrogen and oxygen atoms in total. The topological polar surface area (TPSA) is 87.6 Å². The molecule has 1 atom stereocenters. The van der Waals surface area contributed by atoms with Gasteiger partial charge in [0.15, 0.2) is 0 Å². The van der Waals surface area contributed by atoms with E-state index in [1.165, 1.54) is 0 Å². The van der Waals surface area contributed by atoms with Crippen LogP contribution in [-0.4, -0.2) is 29.4 Å². The van der Waals surface area contributed by atoms with Gasteiger partial charge in [0, 0.05) is 24.1 Å². The molecule has 2 amide bonds. The number of amides is 2. The number of ketones is 1. The Morgan fingerprint density at radius 2 is 1.83 bits per heavy atom. The van der Waals surface area contributed by atoms with Crippen molar-refractivity contribution >= 4 is 23.3 Å². The van der Waals surface area contributed by atoms with Gasteiger partial charge in [-0.15, -0.1) is 0 Å². The molecule has 128 valence electrons. The number of hydrazone groups is 1. The Balaban J connectivity index is 1.91. The molecule has 0 aromatic heterocycles. The zero-order chi connectivity index (χ0) is 17.7. The van der Waals surface area contributed by atoms with E-state index in [2.05, 4.69) is 15.8 Å². The van der Waals surface area contributed by atoms with Crippen LogP contribution in [0.3, 0.4) is 0 Å². The Kier molecular flexibility index (Phi) is 5.49. The van der Waals surface area contributed by atoms with Crippen LogP contribution in [0.4, 0.5) is 0 Å². The fraction of sp³-hybridized carbons (Fsp3) is 0.444. The van der Waals surface area contributed by atoms with Gasteiger partial charge in [-0.25, -0.2) is 5.43 Å². The number of hydrogen-bond acceptors (Lipinski definition) is 4. The van der Waals surface area contributed by atoms with Crippen molar-refractivity contribution in [3.63, 3.8) is 0 Å². The van der Waals surface area contributed by atoms with Crippen molar-refractivity contribution in [3.05, 3.63) is 35.9 Å². The number of carbonyl (C=O) groups excluding carboxylic acids is 3. The van der Waals surface area contributed by atoms with Crippen molar-refractivity contribution in [2.24, 2.45) is 10.5 Å². The Bertz CT molecular complexity index is 665. The lowest BCUT2D eigenvalue weighted by Gasteiger charge is -2.29. The van der Waals surface area contributed by atoms with Crippen LogP contribution < -0.4 is 10.7 Å². The summed E-state index contributed by atoms with van der Waals surface area (Å²) in [4.78, 5) is 35.8. The predicted molar refractivity (Wildman–Crippen MR) is 91.6 cm³/mol. The summed E-state index contributed by atoms with van der Waals surface area (Å²) in [5, 5.41) is 6.70. The summed E-state index contributed by atoms with van der Waals surface area (Å²) in [6.45, 7) is 5.60. The van der Waals surface area contributed by atoms with E-state index in [4.69, 9.17) is 0 Å².